The first-order valence-corrected chi connectivity index (χ1v) is 8.34. The minimum absolute atomic E-state index is 0. The van der Waals surface area contributed by atoms with Gasteiger partial charge >= 0.3 is 0 Å². The highest BCUT2D eigenvalue weighted by molar-refractivity contribution is 5.91. The van der Waals surface area contributed by atoms with Gasteiger partial charge in [0.2, 0.25) is 5.95 Å². The summed E-state index contributed by atoms with van der Waals surface area (Å²) >= 11 is 0. The van der Waals surface area contributed by atoms with Gasteiger partial charge in [-0.2, -0.15) is 4.98 Å². The Hall–Kier alpha value is -2.57. The molecule has 0 saturated carbocycles. The summed E-state index contributed by atoms with van der Waals surface area (Å²) in [5, 5.41) is 4.34. The number of nitrogens with zero attached hydrogens (tertiary/aromatic N) is 3. The summed E-state index contributed by atoms with van der Waals surface area (Å²) < 4.78 is 10.9. The molecule has 1 aliphatic rings. The zero-order chi connectivity index (χ0) is 17.1. The van der Waals surface area contributed by atoms with Crippen LogP contribution in [-0.4, -0.2) is 43.4 Å². The number of benzene rings is 2. The van der Waals surface area contributed by atoms with E-state index in [1.165, 1.54) is 0 Å². The minimum Gasteiger partial charge on any atom is -0.495 e. The topological polar surface area (TPSA) is 59.5 Å². The average Bonchev–Trinajstić information content (AvgIpc) is 2.68. The second-order valence-electron chi connectivity index (χ2n) is 5.81. The summed E-state index contributed by atoms with van der Waals surface area (Å²) in [6.45, 7) is 3.09. The van der Waals surface area contributed by atoms with E-state index in [2.05, 4.69) is 21.3 Å². The van der Waals surface area contributed by atoms with E-state index in [9.17, 15) is 0 Å². The standard InChI is InChI=1S/C19H20N4O2.ClH/c1-24-17-9-5-4-8-16(17)21-19-20-15-7-3-2-6-14(15)18(22-19)23-10-12-25-13-11-23;/h2-9H,10-13H2,1H3,(H,20,21,22);1H. The molecule has 26 heavy (non-hydrogen) atoms. The van der Waals surface area contributed by atoms with E-state index in [0.717, 1.165) is 41.2 Å². The second-order valence-corrected chi connectivity index (χ2v) is 5.81. The van der Waals surface area contributed by atoms with Crippen LogP contribution < -0.4 is 15.0 Å². The largest absolute Gasteiger partial charge is 0.495 e. The van der Waals surface area contributed by atoms with Crippen LogP contribution in [0.15, 0.2) is 48.5 Å². The fraction of sp³-hybridized carbons (Fsp3) is 0.263. The lowest BCUT2D eigenvalue weighted by Gasteiger charge is -2.29. The molecule has 0 bridgehead atoms. The van der Waals surface area contributed by atoms with E-state index in [-0.39, 0.29) is 12.4 Å². The highest BCUT2D eigenvalue weighted by atomic mass is 35.5. The summed E-state index contributed by atoms with van der Waals surface area (Å²) in [4.78, 5) is 11.7. The fourth-order valence-electron chi connectivity index (χ4n) is 3.00. The van der Waals surface area contributed by atoms with Crippen LogP contribution in [0.3, 0.4) is 0 Å². The maximum atomic E-state index is 5.47. The first kappa shape index (κ1) is 18.2. The Balaban J connectivity index is 0.00000196. The Morgan fingerprint density at radius 3 is 2.54 bits per heavy atom. The summed E-state index contributed by atoms with van der Waals surface area (Å²) in [6.07, 6.45) is 0. The lowest BCUT2D eigenvalue weighted by Crippen LogP contribution is -2.37. The van der Waals surface area contributed by atoms with Crippen molar-refractivity contribution < 1.29 is 9.47 Å². The molecule has 136 valence electrons. The fourth-order valence-corrected chi connectivity index (χ4v) is 3.00. The maximum absolute atomic E-state index is 5.47. The van der Waals surface area contributed by atoms with Gasteiger partial charge in [0.1, 0.15) is 11.6 Å². The summed E-state index contributed by atoms with van der Waals surface area (Å²) in [7, 11) is 1.65. The molecule has 1 aromatic heterocycles. The van der Waals surface area contributed by atoms with Gasteiger partial charge in [-0.15, -0.1) is 12.4 Å². The minimum atomic E-state index is 0. The molecule has 1 fully saturated rings. The molecule has 0 spiro atoms. The predicted molar refractivity (Wildman–Crippen MR) is 106 cm³/mol. The molecule has 0 amide bonds. The van der Waals surface area contributed by atoms with Crippen molar-refractivity contribution in [3.05, 3.63) is 48.5 Å². The number of para-hydroxylation sites is 3. The number of ether oxygens (including phenoxy) is 2. The first-order chi connectivity index (χ1) is 12.3. The highest BCUT2D eigenvalue weighted by Crippen LogP contribution is 2.29. The van der Waals surface area contributed by atoms with Crippen LogP contribution in [0.5, 0.6) is 5.75 Å². The Morgan fingerprint density at radius 2 is 1.73 bits per heavy atom. The number of anilines is 3. The molecular formula is C19H21ClN4O2. The quantitative estimate of drug-likeness (QED) is 0.754. The van der Waals surface area contributed by atoms with Gasteiger partial charge in [-0.1, -0.05) is 24.3 Å². The van der Waals surface area contributed by atoms with Crippen LogP contribution >= 0.6 is 12.4 Å². The smallest absolute Gasteiger partial charge is 0.229 e. The normalized spacial score (nSPS) is 14.0. The second kappa shape index (κ2) is 8.21. The Bertz CT molecular complexity index is 884. The third-order valence-corrected chi connectivity index (χ3v) is 4.25. The number of hydrogen-bond acceptors (Lipinski definition) is 6. The summed E-state index contributed by atoms with van der Waals surface area (Å²) in [6, 6.07) is 15.8. The zero-order valence-corrected chi connectivity index (χ0v) is 15.3. The van der Waals surface area contributed by atoms with Gasteiger partial charge in [0.25, 0.3) is 0 Å². The summed E-state index contributed by atoms with van der Waals surface area (Å²) in [5.41, 5.74) is 1.75. The lowest BCUT2D eigenvalue weighted by molar-refractivity contribution is 0.122. The van der Waals surface area contributed by atoms with Gasteiger partial charge in [0, 0.05) is 18.5 Å². The number of rotatable bonds is 4. The molecule has 0 aliphatic carbocycles. The van der Waals surface area contributed by atoms with Gasteiger partial charge in [-0.05, 0) is 24.3 Å². The van der Waals surface area contributed by atoms with Crippen LogP contribution in [-0.2, 0) is 4.74 Å². The van der Waals surface area contributed by atoms with Crippen LogP contribution in [0.25, 0.3) is 10.9 Å². The number of morpholine rings is 1. The summed E-state index contributed by atoms with van der Waals surface area (Å²) in [5.74, 6) is 2.25. The molecule has 0 atom stereocenters. The van der Waals surface area contributed by atoms with E-state index in [0.29, 0.717) is 19.2 Å². The Labute approximate surface area is 158 Å². The molecular weight excluding hydrogens is 352 g/mol. The van der Waals surface area contributed by atoms with Gasteiger partial charge in [0.15, 0.2) is 0 Å². The predicted octanol–water partition coefficient (Wildman–Crippen LogP) is 3.64. The number of fused-ring (bicyclic) bond motifs is 1. The molecule has 2 heterocycles. The molecule has 3 aromatic rings. The number of aromatic nitrogens is 2. The van der Waals surface area contributed by atoms with Crippen LogP contribution in [0.4, 0.5) is 17.5 Å². The van der Waals surface area contributed by atoms with Crippen LogP contribution in [0.1, 0.15) is 0 Å². The average molecular weight is 373 g/mol. The SMILES string of the molecule is COc1ccccc1Nc1nc(N2CCOCC2)c2ccccc2n1.Cl. The lowest BCUT2D eigenvalue weighted by atomic mass is 10.2. The van der Waals surface area contributed by atoms with Crippen molar-refractivity contribution in [3.8, 4) is 5.75 Å². The number of nitrogens with one attached hydrogen (secondary N) is 1. The first-order valence-electron chi connectivity index (χ1n) is 8.34. The molecule has 1 saturated heterocycles. The van der Waals surface area contributed by atoms with Crippen molar-refractivity contribution in [3.63, 3.8) is 0 Å². The van der Waals surface area contributed by atoms with Gasteiger partial charge in [0.05, 0.1) is 31.5 Å². The molecule has 7 heteroatoms. The highest BCUT2D eigenvalue weighted by Gasteiger charge is 2.17. The number of methoxy groups -OCH3 is 1. The number of halogens is 1. The van der Waals surface area contributed by atoms with E-state index in [1.807, 2.05) is 42.5 Å². The maximum Gasteiger partial charge on any atom is 0.229 e. The molecule has 1 aliphatic heterocycles. The molecule has 0 unspecified atom stereocenters. The zero-order valence-electron chi connectivity index (χ0n) is 14.5. The van der Waals surface area contributed by atoms with Crippen molar-refractivity contribution in [2.75, 3.05) is 43.6 Å². The van der Waals surface area contributed by atoms with E-state index >= 15 is 0 Å². The molecule has 0 radical (unpaired) electrons. The van der Waals surface area contributed by atoms with E-state index in [4.69, 9.17) is 14.5 Å². The van der Waals surface area contributed by atoms with E-state index in [1.54, 1.807) is 7.11 Å². The Morgan fingerprint density at radius 1 is 1.00 bits per heavy atom. The van der Waals surface area contributed by atoms with Crippen molar-refractivity contribution in [1.82, 2.24) is 9.97 Å². The van der Waals surface area contributed by atoms with Crippen molar-refractivity contribution in [2.24, 2.45) is 0 Å². The third-order valence-electron chi connectivity index (χ3n) is 4.25. The number of hydrogen-bond donors (Lipinski definition) is 1. The third kappa shape index (κ3) is 3.66. The molecule has 6 nitrogen and oxygen atoms in total. The van der Waals surface area contributed by atoms with Gasteiger partial charge in [-0.3, -0.25) is 0 Å². The van der Waals surface area contributed by atoms with Gasteiger partial charge in [-0.25, -0.2) is 4.98 Å². The van der Waals surface area contributed by atoms with E-state index < -0.39 is 0 Å². The Kier molecular flexibility index (Phi) is 5.75. The molecule has 1 N–H and O–H groups in total. The monoisotopic (exact) mass is 372 g/mol. The molecule has 2 aromatic carbocycles. The molecule has 4 rings (SSSR count). The van der Waals surface area contributed by atoms with Gasteiger partial charge < -0.3 is 19.7 Å². The van der Waals surface area contributed by atoms with Crippen molar-refractivity contribution in [1.29, 1.82) is 0 Å². The van der Waals surface area contributed by atoms with Crippen molar-refractivity contribution >= 4 is 40.8 Å². The van der Waals surface area contributed by atoms with Crippen molar-refractivity contribution in [2.45, 2.75) is 0 Å². The van der Waals surface area contributed by atoms with Crippen LogP contribution in [0.2, 0.25) is 0 Å². The van der Waals surface area contributed by atoms with Crippen LogP contribution in [0, 0.1) is 0 Å².